The van der Waals surface area contributed by atoms with Crippen LogP contribution >= 0.6 is 23.2 Å². The van der Waals surface area contributed by atoms with E-state index in [0.29, 0.717) is 38.9 Å². The molecule has 0 spiro atoms. The highest BCUT2D eigenvalue weighted by molar-refractivity contribution is 6.20. The summed E-state index contributed by atoms with van der Waals surface area (Å²) < 4.78 is 10.5. The molecule has 0 saturated carbocycles. The van der Waals surface area contributed by atoms with Crippen molar-refractivity contribution in [2.24, 2.45) is 0 Å². The average Bonchev–Trinajstić information content (AvgIpc) is 2.82. The molecule has 208 valence electrons. The Morgan fingerprint density at radius 1 is 0.486 bits per heavy atom. The number of carbonyl (C=O) groups excluding carboxylic acids is 2. The van der Waals surface area contributed by atoms with Gasteiger partial charge in [-0.1, -0.05) is 96.3 Å². The fraction of sp³-hybridized carbons (Fsp3) is 0.931. The first-order valence-electron chi connectivity index (χ1n) is 14.5. The van der Waals surface area contributed by atoms with E-state index in [2.05, 4.69) is 0 Å². The fourth-order valence-electron chi connectivity index (χ4n) is 4.01. The molecule has 0 aromatic carbocycles. The lowest BCUT2D eigenvalue weighted by atomic mass is 10.0. The van der Waals surface area contributed by atoms with Crippen LogP contribution in [0.2, 0.25) is 0 Å². The van der Waals surface area contributed by atoms with E-state index in [1.165, 1.54) is 83.5 Å². The van der Waals surface area contributed by atoms with Crippen molar-refractivity contribution in [2.75, 3.05) is 13.2 Å². The van der Waals surface area contributed by atoms with E-state index in [0.717, 1.165) is 25.7 Å². The predicted molar refractivity (Wildman–Crippen MR) is 150 cm³/mol. The maximum atomic E-state index is 11.5. The van der Waals surface area contributed by atoms with Crippen LogP contribution in [0, 0.1) is 0 Å². The molecule has 4 nitrogen and oxygen atoms in total. The van der Waals surface area contributed by atoms with E-state index in [1.54, 1.807) is 0 Å². The van der Waals surface area contributed by atoms with E-state index in [1.807, 2.05) is 13.8 Å². The average molecular weight is 538 g/mol. The number of halogens is 2. The van der Waals surface area contributed by atoms with Crippen LogP contribution in [-0.4, -0.2) is 35.9 Å². The Labute approximate surface area is 226 Å². The smallest absolute Gasteiger partial charge is 0.305 e. The molecule has 0 aromatic rings. The minimum atomic E-state index is -0.113. The normalized spacial score (nSPS) is 12.9. The van der Waals surface area contributed by atoms with Gasteiger partial charge < -0.3 is 9.47 Å². The summed E-state index contributed by atoms with van der Waals surface area (Å²) in [5, 5.41) is 0.0769. The Morgan fingerprint density at radius 3 is 0.943 bits per heavy atom. The number of unbranched alkanes of at least 4 members (excludes halogenated alkanes) is 16. The monoisotopic (exact) mass is 536 g/mol. The lowest BCUT2D eigenvalue weighted by Gasteiger charge is -2.06. The third-order valence-corrected chi connectivity index (χ3v) is 6.74. The highest BCUT2D eigenvalue weighted by Crippen LogP contribution is 2.14. The Balaban J connectivity index is 3.15. The van der Waals surface area contributed by atoms with Crippen LogP contribution in [0.25, 0.3) is 0 Å². The van der Waals surface area contributed by atoms with Gasteiger partial charge in [-0.05, 0) is 39.5 Å². The number of carbonyl (C=O) groups is 2. The van der Waals surface area contributed by atoms with Crippen molar-refractivity contribution in [1.29, 1.82) is 0 Å². The summed E-state index contributed by atoms with van der Waals surface area (Å²) >= 11 is 11.7. The fourth-order valence-corrected chi connectivity index (χ4v) is 4.22. The summed E-state index contributed by atoms with van der Waals surface area (Å²) in [6, 6.07) is 0. The van der Waals surface area contributed by atoms with E-state index < -0.39 is 0 Å². The van der Waals surface area contributed by atoms with Gasteiger partial charge in [0.1, 0.15) is 0 Å². The van der Waals surface area contributed by atoms with E-state index in [9.17, 15) is 9.59 Å². The maximum Gasteiger partial charge on any atom is 0.305 e. The molecule has 0 N–H and O–H groups in total. The van der Waals surface area contributed by atoms with Crippen molar-refractivity contribution < 1.29 is 19.1 Å². The molecular weight excluding hydrogens is 483 g/mol. The zero-order valence-electron chi connectivity index (χ0n) is 22.8. The molecule has 0 rings (SSSR count). The molecule has 6 heteroatoms. The molecule has 0 fully saturated rings. The standard InChI is InChI=1S/C29H54Cl2O4/c1-26(30)20-22-28(32)34-24-18-16-14-12-10-8-6-4-3-5-7-9-11-13-15-17-19-25-35-29(33)23-21-27(2)31/h26-27H,3-25H2,1-2H3. The summed E-state index contributed by atoms with van der Waals surface area (Å²) in [5.41, 5.74) is 0. The molecule has 2 atom stereocenters. The second kappa shape index (κ2) is 26.6. The topological polar surface area (TPSA) is 52.6 Å². The van der Waals surface area contributed by atoms with Gasteiger partial charge in [-0.25, -0.2) is 0 Å². The van der Waals surface area contributed by atoms with Gasteiger partial charge in [0.15, 0.2) is 0 Å². The Bertz CT molecular complexity index is 441. The van der Waals surface area contributed by atoms with Crippen LogP contribution in [0.4, 0.5) is 0 Å². The third kappa shape index (κ3) is 29.6. The summed E-state index contributed by atoms with van der Waals surface area (Å²) in [7, 11) is 0. The number of hydrogen-bond donors (Lipinski definition) is 0. The molecule has 0 heterocycles. The van der Waals surface area contributed by atoms with E-state index in [-0.39, 0.29) is 22.7 Å². The van der Waals surface area contributed by atoms with Crippen molar-refractivity contribution >= 4 is 35.1 Å². The molecule has 0 bridgehead atoms. The molecule has 2 unspecified atom stereocenters. The Morgan fingerprint density at radius 2 is 0.714 bits per heavy atom. The SMILES string of the molecule is CC(Cl)CCC(=O)OCCCCCCCCCCCCCCCCCCCOC(=O)CCC(C)Cl. The van der Waals surface area contributed by atoms with Crippen molar-refractivity contribution in [3.05, 3.63) is 0 Å². The predicted octanol–water partition coefficient (Wildman–Crippen LogP) is 9.52. The lowest BCUT2D eigenvalue weighted by molar-refractivity contribution is -0.144. The van der Waals surface area contributed by atoms with Gasteiger partial charge in [0.2, 0.25) is 0 Å². The van der Waals surface area contributed by atoms with Gasteiger partial charge in [0.05, 0.1) is 13.2 Å². The van der Waals surface area contributed by atoms with Gasteiger partial charge >= 0.3 is 11.9 Å². The van der Waals surface area contributed by atoms with Gasteiger partial charge in [-0.3, -0.25) is 9.59 Å². The summed E-state index contributed by atoms with van der Waals surface area (Å²) in [6.45, 7) is 4.92. The molecule has 0 aromatic heterocycles. The molecular formula is C29H54Cl2O4. The summed E-state index contributed by atoms with van der Waals surface area (Å²) in [6.07, 6.45) is 23.8. The van der Waals surface area contributed by atoms with Crippen LogP contribution in [0.15, 0.2) is 0 Å². The highest BCUT2D eigenvalue weighted by atomic mass is 35.5. The Kier molecular flexibility index (Phi) is 26.2. The number of hydrogen-bond acceptors (Lipinski definition) is 4. The number of esters is 2. The molecule has 0 aliphatic rings. The van der Waals surface area contributed by atoms with Crippen molar-refractivity contribution in [1.82, 2.24) is 0 Å². The van der Waals surface area contributed by atoms with Gasteiger partial charge in [-0.15, -0.1) is 23.2 Å². The quantitative estimate of drug-likeness (QED) is 0.0626. The maximum absolute atomic E-state index is 11.5. The molecule has 0 saturated heterocycles. The van der Waals surface area contributed by atoms with Gasteiger partial charge in [0, 0.05) is 23.6 Å². The molecule has 0 radical (unpaired) electrons. The largest absolute Gasteiger partial charge is 0.466 e. The zero-order chi connectivity index (χ0) is 26.0. The minimum absolute atomic E-state index is 0.0385. The first-order chi connectivity index (χ1) is 16.9. The van der Waals surface area contributed by atoms with Crippen molar-refractivity contribution in [2.45, 2.75) is 159 Å². The van der Waals surface area contributed by atoms with Crippen LogP contribution < -0.4 is 0 Å². The number of alkyl halides is 2. The van der Waals surface area contributed by atoms with Crippen LogP contribution in [0.3, 0.4) is 0 Å². The Hall–Kier alpha value is -0.480. The van der Waals surface area contributed by atoms with E-state index in [4.69, 9.17) is 32.7 Å². The number of rotatable bonds is 26. The van der Waals surface area contributed by atoms with Crippen LogP contribution in [0.5, 0.6) is 0 Å². The van der Waals surface area contributed by atoms with Crippen LogP contribution in [-0.2, 0) is 19.1 Å². The minimum Gasteiger partial charge on any atom is -0.466 e. The molecule has 0 amide bonds. The summed E-state index contributed by atoms with van der Waals surface area (Å²) in [4.78, 5) is 23.0. The summed E-state index contributed by atoms with van der Waals surface area (Å²) in [5.74, 6) is -0.226. The molecule has 35 heavy (non-hydrogen) atoms. The zero-order valence-corrected chi connectivity index (χ0v) is 24.3. The first kappa shape index (κ1) is 34.5. The number of ether oxygens (including phenoxy) is 2. The van der Waals surface area contributed by atoms with Crippen LogP contribution in [0.1, 0.15) is 149 Å². The van der Waals surface area contributed by atoms with E-state index >= 15 is 0 Å². The lowest BCUT2D eigenvalue weighted by Crippen LogP contribution is -2.07. The first-order valence-corrected chi connectivity index (χ1v) is 15.4. The molecule has 0 aliphatic carbocycles. The van der Waals surface area contributed by atoms with Crippen molar-refractivity contribution in [3.63, 3.8) is 0 Å². The van der Waals surface area contributed by atoms with Gasteiger partial charge in [0.25, 0.3) is 0 Å². The van der Waals surface area contributed by atoms with Crippen molar-refractivity contribution in [3.8, 4) is 0 Å². The highest BCUT2D eigenvalue weighted by Gasteiger charge is 2.06. The second-order valence-corrected chi connectivity index (χ2v) is 11.6. The molecule has 0 aliphatic heterocycles. The van der Waals surface area contributed by atoms with Gasteiger partial charge in [-0.2, -0.15) is 0 Å². The third-order valence-electron chi connectivity index (χ3n) is 6.31. The second-order valence-electron chi connectivity index (χ2n) is 10.1.